The quantitative estimate of drug-likeness (QED) is 0.584. The summed E-state index contributed by atoms with van der Waals surface area (Å²) in [4.78, 5) is 11.9. The van der Waals surface area contributed by atoms with Gasteiger partial charge in [0, 0.05) is 12.3 Å². The lowest BCUT2D eigenvalue weighted by Gasteiger charge is -2.40. The van der Waals surface area contributed by atoms with E-state index in [4.69, 9.17) is 5.02 Å². The number of Topliss-reactive ketones (excluding diaryl/α,β-unsaturated/α-hetero) is 1. The molecular formula is C13H20BO2. The van der Waals surface area contributed by atoms with E-state index < -0.39 is 0 Å². The molecule has 3 heteroatoms. The minimum Gasteiger partial charge on any atom is -0.454 e. The van der Waals surface area contributed by atoms with E-state index in [0.717, 1.165) is 25.7 Å². The number of fused-ring (bicyclic) bond motifs is 1. The van der Waals surface area contributed by atoms with Crippen molar-refractivity contribution in [2.24, 2.45) is 17.3 Å². The van der Waals surface area contributed by atoms with Gasteiger partial charge in [-0.2, -0.15) is 0 Å². The van der Waals surface area contributed by atoms with Crippen LogP contribution in [-0.2, 0) is 4.79 Å². The molecule has 0 aromatic carbocycles. The molecule has 0 aromatic heterocycles. The van der Waals surface area contributed by atoms with Crippen molar-refractivity contribution in [1.82, 2.24) is 0 Å². The van der Waals surface area contributed by atoms with Crippen LogP contribution in [0.1, 0.15) is 39.5 Å². The molecule has 1 radical (unpaired) electrons. The molecular weight excluding hydrogens is 199 g/mol. The summed E-state index contributed by atoms with van der Waals surface area (Å²) in [7, 11) is 1.24. The molecule has 0 heterocycles. The van der Waals surface area contributed by atoms with Gasteiger partial charge in [0.25, 0.3) is 7.48 Å². The van der Waals surface area contributed by atoms with Gasteiger partial charge in [-0.15, -0.1) is 0 Å². The fourth-order valence-corrected chi connectivity index (χ4v) is 3.60. The monoisotopic (exact) mass is 219 g/mol. The normalized spacial score (nSPS) is 35.6. The zero-order chi connectivity index (χ0) is 11.8. The maximum absolute atomic E-state index is 11.9. The molecule has 2 aliphatic rings. The first kappa shape index (κ1) is 11.9. The molecule has 0 amide bonds. The van der Waals surface area contributed by atoms with Gasteiger partial charge in [0.15, 0.2) is 0 Å². The summed E-state index contributed by atoms with van der Waals surface area (Å²) >= 11 is 0. The number of hydrogen-bond acceptors (Lipinski definition) is 2. The Hall–Kier alpha value is -0.565. The van der Waals surface area contributed by atoms with Crippen LogP contribution in [0.2, 0.25) is 6.32 Å². The molecule has 1 N–H and O–H groups in total. The van der Waals surface area contributed by atoms with Gasteiger partial charge in [-0.3, -0.25) is 4.79 Å². The molecule has 0 aromatic rings. The first-order chi connectivity index (χ1) is 7.59. The van der Waals surface area contributed by atoms with Crippen LogP contribution >= 0.6 is 0 Å². The van der Waals surface area contributed by atoms with E-state index >= 15 is 0 Å². The van der Waals surface area contributed by atoms with Crippen molar-refractivity contribution in [3.05, 3.63) is 11.6 Å². The summed E-state index contributed by atoms with van der Waals surface area (Å²) in [6.07, 6.45) is 6.79. The third-order valence-electron chi connectivity index (χ3n) is 4.50. The average molecular weight is 219 g/mol. The minimum atomic E-state index is 0.0811. The van der Waals surface area contributed by atoms with Gasteiger partial charge >= 0.3 is 0 Å². The third-order valence-corrected chi connectivity index (χ3v) is 4.50. The Kier molecular flexibility index (Phi) is 3.25. The highest BCUT2D eigenvalue weighted by Crippen LogP contribution is 2.53. The van der Waals surface area contributed by atoms with Crippen molar-refractivity contribution in [3.63, 3.8) is 0 Å². The van der Waals surface area contributed by atoms with E-state index in [9.17, 15) is 4.79 Å². The topological polar surface area (TPSA) is 37.3 Å². The first-order valence-electron chi connectivity index (χ1n) is 6.28. The highest BCUT2D eigenvalue weighted by molar-refractivity contribution is 6.25. The highest BCUT2D eigenvalue weighted by atomic mass is 16.2. The predicted molar refractivity (Wildman–Crippen MR) is 65.1 cm³/mol. The Morgan fingerprint density at radius 3 is 3.12 bits per heavy atom. The SMILES string of the molecule is CC(C[B]O)C1=CCC2C(=O)CCC[C@]12C. The lowest BCUT2D eigenvalue weighted by molar-refractivity contribution is -0.128. The van der Waals surface area contributed by atoms with Gasteiger partial charge < -0.3 is 5.02 Å². The van der Waals surface area contributed by atoms with Crippen LogP contribution in [0.4, 0.5) is 0 Å². The van der Waals surface area contributed by atoms with Gasteiger partial charge in [0.2, 0.25) is 0 Å². The fraction of sp³-hybridized carbons (Fsp3) is 0.769. The zero-order valence-electron chi connectivity index (χ0n) is 10.2. The molecule has 2 rings (SSSR count). The van der Waals surface area contributed by atoms with E-state index in [0.29, 0.717) is 18.0 Å². The standard InChI is InChI=1S/C13H20BO2/c1-9(8-14-16)10-5-6-11-12(15)4-3-7-13(10,11)2/h5,9,11,16H,3-4,6-8H2,1-2H3/t9?,11?,13-/m1/s1. The second-order valence-corrected chi connectivity index (χ2v) is 5.50. The minimum absolute atomic E-state index is 0.0811. The second-order valence-electron chi connectivity index (χ2n) is 5.50. The van der Waals surface area contributed by atoms with Crippen LogP contribution in [0.3, 0.4) is 0 Å². The number of ketones is 1. The Labute approximate surface area is 98.4 Å². The first-order valence-corrected chi connectivity index (χ1v) is 6.28. The molecule has 0 aliphatic heterocycles. The number of carbonyl (C=O) groups is 1. The Morgan fingerprint density at radius 2 is 2.44 bits per heavy atom. The molecule has 2 aliphatic carbocycles. The Balaban J connectivity index is 2.19. The van der Waals surface area contributed by atoms with Crippen molar-refractivity contribution >= 4 is 13.3 Å². The van der Waals surface area contributed by atoms with Crippen molar-refractivity contribution < 1.29 is 9.82 Å². The molecule has 0 bridgehead atoms. The van der Waals surface area contributed by atoms with E-state index in [2.05, 4.69) is 19.9 Å². The average Bonchev–Trinajstić information content (AvgIpc) is 2.57. The number of rotatable bonds is 3. The van der Waals surface area contributed by atoms with E-state index in [1.165, 1.54) is 13.1 Å². The fourth-order valence-electron chi connectivity index (χ4n) is 3.60. The van der Waals surface area contributed by atoms with E-state index in [1.807, 2.05) is 0 Å². The summed E-state index contributed by atoms with van der Waals surface area (Å²) in [5, 5.41) is 8.91. The third kappa shape index (κ3) is 1.75. The molecule has 87 valence electrons. The van der Waals surface area contributed by atoms with E-state index in [-0.39, 0.29) is 11.3 Å². The van der Waals surface area contributed by atoms with Crippen LogP contribution in [-0.4, -0.2) is 18.3 Å². The van der Waals surface area contributed by atoms with Crippen LogP contribution in [0.15, 0.2) is 11.6 Å². The van der Waals surface area contributed by atoms with Crippen LogP contribution in [0.5, 0.6) is 0 Å². The molecule has 2 unspecified atom stereocenters. The van der Waals surface area contributed by atoms with Crippen molar-refractivity contribution in [2.75, 3.05) is 0 Å². The summed E-state index contributed by atoms with van der Waals surface area (Å²) in [5.41, 5.74) is 1.48. The molecule has 1 fully saturated rings. The van der Waals surface area contributed by atoms with E-state index in [1.54, 1.807) is 0 Å². The molecule has 3 atom stereocenters. The lowest BCUT2D eigenvalue weighted by atomic mass is 9.62. The predicted octanol–water partition coefficient (Wildman–Crippen LogP) is 2.36. The van der Waals surface area contributed by atoms with Gasteiger partial charge in [-0.1, -0.05) is 25.5 Å². The largest absolute Gasteiger partial charge is 0.454 e. The molecule has 0 spiro atoms. The zero-order valence-corrected chi connectivity index (χ0v) is 10.2. The Morgan fingerprint density at radius 1 is 1.69 bits per heavy atom. The number of hydrogen-bond donors (Lipinski definition) is 1. The van der Waals surface area contributed by atoms with Crippen molar-refractivity contribution in [3.8, 4) is 0 Å². The molecule has 1 saturated carbocycles. The van der Waals surface area contributed by atoms with Crippen LogP contribution in [0, 0.1) is 17.3 Å². The molecule has 2 nitrogen and oxygen atoms in total. The smallest absolute Gasteiger partial charge is 0.287 e. The summed E-state index contributed by atoms with van der Waals surface area (Å²) in [6.45, 7) is 4.38. The lowest BCUT2D eigenvalue weighted by Crippen LogP contribution is -2.36. The number of carbonyl (C=O) groups excluding carboxylic acids is 1. The maximum atomic E-state index is 11.9. The van der Waals surface area contributed by atoms with Gasteiger partial charge in [-0.25, -0.2) is 0 Å². The van der Waals surface area contributed by atoms with Gasteiger partial charge in [0.1, 0.15) is 5.78 Å². The van der Waals surface area contributed by atoms with Crippen LogP contribution < -0.4 is 0 Å². The van der Waals surface area contributed by atoms with Gasteiger partial charge in [-0.05, 0) is 36.9 Å². The Bertz CT molecular complexity index is 324. The number of allylic oxidation sites excluding steroid dienone is 2. The summed E-state index contributed by atoms with van der Waals surface area (Å²) < 4.78 is 0. The second kappa shape index (κ2) is 4.36. The highest BCUT2D eigenvalue weighted by Gasteiger charge is 2.47. The van der Waals surface area contributed by atoms with Crippen LogP contribution in [0.25, 0.3) is 0 Å². The molecule has 16 heavy (non-hydrogen) atoms. The van der Waals surface area contributed by atoms with Crippen molar-refractivity contribution in [1.29, 1.82) is 0 Å². The molecule has 0 saturated heterocycles. The summed E-state index contributed by atoms with van der Waals surface area (Å²) in [5.74, 6) is 1.03. The summed E-state index contributed by atoms with van der Waals surface area (Å²) in [6, 6.07) is 0. The maximum Gasteiger partial charge on any atom is 0.287 e. The van der Waals surface area contributed by atoms with Crippen molar-refractivity contribution in [2.45, 2.75) is 45.9 Å². The van der Waals surface area contributed by atoms with Gasteiger partial charge in [0.05, 0.1) is 0 Å².